The van der Waals surface area contributed by atoms with Gasteiger partial charge in [-0.3, -0.25) is 9.69 Å². The first kappa shape index (κ1) is 23.3. The van der Waals surface area contributed by atoms with E-state index in [-0.39, 0.29) is 29.8 Å². The predicted octanol–water partition coefficient (Wildman–Crippen LogP) is 4.10. The highest BCUT2D eigenvalue weighted by Crippen LogP contribution is 2.65. The molecule has 0 radical (unpaired) electrons. The largest absolute Gasteiger partial charge is 0.504 e. The van der Waals surface area contributed by atoms with E-state index in [4.69, 9.17) is 4.74 Å². The predicted molar refractivity (Wildman–Crippen MR) is 140 cm³/mol. The number of nitrogens with zero attached hydrogens (tertiary/aromatic N) is 2. The number of likely N-dealkylation sites (N-methyl/N-ethyl adjacent to an activating group) is 1. The number of hydrogen-bond acceptors (Lipinski definition) is 6. The maximum absolute atomic E-state index is 13.2. The lowest BCUT2D eigenvalue weighted by atomic mass is 9.48. The van der Waals surface area contributed by atoms with Gasteiger partial charge in [0.2, 0.25) is 5.91 Å². The molecule has 4 aliphatic rings. The fourth-order valence-corrected chi connectivity index (χ4v) is 8.51. The average Bonchev–Trinajstić information content (AvgIpc) is 3.40. The van der Waals surface area contributed by atoms with Gasteiger partial charge in [0.1, 0.15) is 6.10 Å². The van der Waals surface area contributed by atoms with Crippen LogP contribution in [0, 0.1) is 0 Å². The van der Waals surface area contributed by atoms with Gasteiger partial charge in [-0.1, -0.05) is 12.1 Å². The van der Waals surface area contributed by atoms with Crippen molar-refractivity contribution in [2.75, 3.05) is 20.1 Å². The minimum Gasteiger partial charge on any atom is -0.504 e. The van der Waals surface area contributed by atoms with Crippen LogP contribution in [0.4, 0.5) is 0 Å². The molecular formula is C27H29BrN2O4S. The van der Waals surface area contributed by atoms with Crippen LogP contribution in [-0.2, 0) is 16.6 Å². The van der Waals surface area contributed by atoms with Crippen molar-refractivity contribution in [1.82, 2.24) is 9.80 Å². The summed E-state index contributed by atoms with van der Waals surface area (Å²) in [6, 6.07) is 5.39. The second-order valence-electron chi connectivity index (χ2n) is 10.2. The molecule has 2 aliphatic carbocycles. The molecule has 1 saturated heterocycles. The van der Waals surface area contributed by atoms with Crippen molar-refractivity contribution in [3.63, 3.8) is 0 Å². The van der Waals surface area contributed by atoms with Gasteiger partial charge in [-0.15, -0.1) is 17.9 Å². The SMILES string of the molecule is C=CCN1CC[C@]23c4c5ccc(O)c4OC2CC(N(C)C(=O)/C=C/c2cc(Br)cs2)C[C@@]3(O)[C@H]1C5. The van der Waals surface area contributed by atoms with Crippen LogP contribution in [0.3, 0.4) is 0 Å². The molecule has 35 heavy (non-hydrogen) atoms. The van der Waals surface area contributed by atoms with Crippen LogP contribution in [0.1, 0.15) is 35.3 Å². The number of carbonyl (C=O) groups excluding carboxylic acids is 1. The summed E-state index contributed by atoms with van der Waals surface area (Å²) >= 11 is 5.02. The van der Waals surface area contributed by atoms with E-state index in [0.717, 1.165) is 33.4 Å². The van der Waals surface area contributed by atoms with Crippen molar-refractivity contribution >= 4 is 39.2 Å². The molecule has 1 aromatic heterocycles. The molecule has 2 fully saturated rings. The molecule has 1 spiro atoms. The molecule has 5 atom stereocenters. The van der Waals surface area contributed by atoms with Crippen LogP contribution in [0.25, 0.3) is 6.08 Å². The molecule has 184 valence electrons. The highest BCUT2D eigenvalue weighted by atomic mass is 79.9. The van der Waals surface area contributed by atoms with E-state index in [0.29, 0.717) is 31.6 Å². The summed E-state index contributed by atoms with van der Waals surface area (Å²) in [5.41, 5.74) is 0.494. The summed E-state index contributed by atoms with van der Waals surface area (Å²) in [6.07, 6.45) is 7.56. The van der Waals surface area contributed by atoms with Crippen LogP contribution < -0.4 is 4.74 Å². The number of hydrogen-bond donors (Lipinski definition) is 2. The number of thiophene rings is 1. The number of carbonyl (C=O) groups is 1. The number of benzene rings is 1. The Morgan fingerprint density at radius 1 is 1.46 bits per heavy atom. The molecule has 2 N–H and O–H groups in total. The van der Waals surface area contributed by atoms with Gasteiger partial charge in [0.25, 0.3) is 0 Å². The topological polar surface area (TPSA) is 73.2 Å². The van der Waals surface area contributed by atoms with Gasteiger partial charge in [0, 0.05) is 58.5 Å². The minimum atomic E-state index is -1.08. The number of ether oxygens (including phenoxy) is 1. The number of amides is 1. The Morgan fingerprint density at radius 2 is 2.29 bits per heavy atom. The summed E-state index contributed by atoms with van der Waals surface area (Å²) in [7, 11) is 1.81. The molecule has 1 saturated carbocycles. The summed E-state index contributed by atoms with van der Waals surface area (Å²) in [4.78, 5) is 18.2. The van der Waals surface area contributed by atoms with Crippen LogP contribution in [0.2, 0.25) is 0 Å². The van der Waals surface area contributed by atoms with Crippen LogP contribution >= 0.6 is 27.3 Å². The maximum atomic E-state index is 13.2. The zero-order valence-corrected chi connectivity index (χ0v) is 22.0. The third-order valence-corrected chi connectivity index (χ3v) is 10.4. The Morgan fingerprint density at radius 3 is 3.03 bits per heavy atom. The van der Waals surface area contributed by atoms with Gasteiger partial charge in [-0.05, 0) is 65.5 Å². The zero-order valence-electron chi connectivity index (χ0n) is 19.6. The number of likely N-dealkylation sites (tertiary alicyclic amines) is 1. The molecule has 1 amide bonds. The van der Waals surface area contributed by atoms with E-state index in [1.807, 2.05) is 36.7 Å². The van der Waals surface area contributed by atoms with Crippen LogP contribution in [-0.4, -0.2) is 69.8 Å². The lowest BCUT2D eigenvalue weighted by Crippen LogP contribution is -2.77. The van der Waals surface area contributed by atoms with Crippen molar-refractivity contribution in [3.05, 3.63) is 62.8 Å². The molecule has 3 heterocycles. The lowest BCUT2D eigenvalue weighted by molar-refractivity contribution is -0.196. The van der Waals surface area contributed by atoms with Crippen molar-refractivity contribution in [2.45, 2.75) is 54.9 Å². The maximum Gasteiger partial charge on any atom is 0.246 e. The third kappa shape index (κ3) is 3.23. The molecular weight excluding hydrogens is 528 g/mol. The first-order chi connectivity index (χ1) is 16.8. The van der Waals surface area contributed by atoms with Crippen LogP contribution in [0.15, 0.2) is 46.8 Å². The van der Waals surface area contributed by atoms with Crippen molar-refractivity contribution in [3.8, 4) is 11.5 Å². The molecule has 1 aromatic carbocycles. The summed E-state index contributed by atoms with van der Waals surface area (Å²) < 4.78 is 7.45. The second-order valence-corrected chi connectivity index (χ2v) is 12.1. The third-order valence-electron chi connectivity index (χ3n) is 8.72. The smallest absolute Gasteiger partial charge is 0.246 e. The average molecular weight is 558 g/mol. The van der Waals surface area contributed by atoms with Gasteiger partial charge in [-0.2, -0.15) is 0 Å². The number of piperidine rings is 1. The number of phenols is 1. The molecule has 2 aromatic rings. The summed E-state index contributed by atoms with van der Waals surface area (Å²) in [5, 5.41) is 25.3. The van der Waals surface area contributed by atoms with Gasteiger partial charge in [0.05, 0.1) is 11.0 Å². The van der Waals surface area contributed by atoms with Gasteiger partial charge in [-0.25, -0.2) is 0 Å². The van der Waals surface area contributed by atoms with E-state index in [2.05, 4.69) is 27.4 Å². The van der Waals surface area contributed by atoms with E-state index in [1.54, 1.807) is 28.4 Å². The molecule has 6 nitrogen and oxygen atoms in total. The standard InChI is InChI=1S/C27H29BrN2O4S/c1-3-9-30-10-8-26-22-13-18(29(2)23(32)7-5-19-12-17(28)15-35-19)14-27(26,33)21(30)11-16-4-6-20(31)25(34-22)24(16)26/h3-7,12,15,18,21-22,31,33H,1,8-11,13-14H2,2H3/b7-5+/t18?,21-,22?,26-,27-/m1/s1. The minimum absolute atomic E-state index is 0.0953. The van der Waals surface area contributed by atoms with E-state index in [9.17, 15) is 15.0 Å². The summed E-state index contributed by atoms with van der Waals surface area (Å²) in [6.45, 7) is 5.48. The molecule has 8 heteroatoms. The van der Waals surface area contributed by atoms with Crippen LogP contribution in [0.5, 0.6) is 11.5 Å². The first-order valence-electron chi connectivity index (χ1n) is 12.1. The van der Waals surface area contributed by atoms with Gasteiger partial charge >= 0.3 is 0 Å². The Hall–Kier alpha value is -2.13. The van der Waals surface area contributed by atoms with Gasteiger partial charge in [0.15, 0.2) is 11.5 Å². The van der Waals surface area contributed by atoms with E-state index >= 15 is 0 Å². The Kier molecular flexibility index (Phi) is 5.45. The van der Waals surface area contributed by atoms with E-state index in [1.165, 1.54) is 0 Å². The molecule has 6 rings (SSSR count). The Labute approximate surface area is 217 Å². The number of aromatic hydroxyl groups is 1. The van der Waals surface area contributed by atoms with Crippen molar-refractivity contribution in [2.24, 2.45) is 0 Å². The monoisotopic (exact) mass is 556 g/mol. The highest BCUT2D eigenvalue weighted by Gasteiger charge is 2.72. The van der Waals surface area contributed by atoms with Gasteiger partial charge < -0.3 is 19.8 Å². The highest BCUT2D eigenvalue weighted by molar-refractivity contribution is 9.10. The first-order valence-corrected chi connectivity index (χ1v) is 13.7. The van der Waals surface area contributed by atoms with Crippen molar-refractivity contribution < 1.29 is 19.7 Å². The molecule has 2 bridgehead atoms. The number of aliphatic hydroxyl groups is 1. The normalized spacial score (nSPS) is 32.8. The fraction of sp³-hybridized carbons (Fsp3) is 0.444. The lowest BCUT2D eigenvalue weighted by Gasteiger charge is -2.64. The van der Waals surface area contributed by atoms with E-state index < -0.39 is 11.0 Å². The Balaban J connectivity index is 1.37. The number of rotatable bonds is 5. The number of phenolic OH excluding ortho intramolecular Hbond substituents is 1. The fourth-order valence-electron chi connectivity index (χ4n) is 7.18. The summed E-state index contributed by atoms with van der Waals surface area (Å²) in [5.74, 6) is 0.564. The second kappa shape index (κ2) is 8.20. The Bertz CT molecular complexity index is 1240. The number of halogens is 1. The van der Waals surface area contributed by atoms with Crippen molar-refractivity contribution in [1.29, 1.82) is 0 Å². The quantitative estimate of drug-likeness (QED) is 0.428. The molecule has 2 unspecified atom stereocenters. The zero-order chi connectivity index (χ0) is 24.5. The molecule has 2 aliphatic heterocycles.